The Hall–Kier alpha value is -1.92. The van der Waals surface area contributed by atoms with E-state index in [0.717, 1.165) is 45.3 Å². The van der Waals surface area contributed by atoms with E-state index in [1.165, 1.54) is 12.0 Å². The van der Waals surface area contributed by atoms with E-state index in [0.29, 0.717) is 32.8 Å². The summed E-state index contributed by atoms with van der Waals surface area (Å²) in [6.45, 7) is 5.51. The zero-order chi connectivity index (χ0) is 20.1. The number of nitrogens with zero attached hydrogens (tertiary/aromatic N) is 2. The summed E-state index contributed by atoms with van der Waals surface area (Å²) in [5.41, 5.74) is 1.46. The Balaban J connectivity index is 1.20. The highest BCUT2D eigenvalue weighted by molar-refractivity contribution is 5.79. The highest BCUT2D eigenvalue weighted by Crippen LogP contribution is 2.43. The number of nitrogens with one attached hydrogen (secondary N) is 1. The molecule has 0 bridgehead atoms. The monoisotopic (exact) mass is 399 g/mol. The number of ether oxygens (including phenoxy) is 1. The van der Waals surface area contributed by atoms with Gasteiger partial charge in [0.2, 0.25) is 11.8 Å². The van der Waals surface area contributed by atoms with E-state index >= 15 is 0 Å². The number of amides is 2. The summed E-state index contributed by atoms with van der Waals surface area (Å²) in [5.74, 6) is 0.473. The molecule has 6 nitrogen and oxygen atoms in total. The van der Waals surface area contributed by atoms with E-state index in [1.807, 2.05) is 11.0 Å². The Morgan fingerprint density at radius 1 is 1.03 bits per heavy atom. The molecule has 1 aromatic rings. The molecule has 2 aliphatic heterocycles. The lowest BCUT2D eigenvalue weighted by molar-refractivity contribution is -0.141. The molecule has 4 rings (SSSR count). The molecule has 3 fully saturated rings. The van der Waals surface area contributed by atoms with Crippen molar-refractivity contribution in [1.29, 1.82) is 0 Å². The largest absolute Gasteiger partial charge is 0.378 e. The molecule has 0 spiro atoms. The lowest BCUT2D eigenvalue weighted by Gasteiger charge is -2.43. The molecule has 1 saturated carbocycles. The van der Waals surface area contributed by atoms with Gasteiger partial charge in [0.1, 0.15) is 0 Å². The molecule has 0 aromatic heterocycles. The zero-order valence-electron chi connectivity index (χ0n) is 17.3. The van der Waals surface area contributed by atoms with E-state index in [4.69, 9.17) is 4.74 Å². The lowest BCUT2D eigenvalue weighted by Crippen LogP contribution is -2.50. The molecule has 1 N–H and O–H groups in total. The molecule has 0 unspecified atom stereocenters. The van der Waals surface area contributed by atoms with Crippen molar-refractivity contribution < 1.29 is 14.3 Å². The van der Waals surface area contributed by atoms with Gasteiger partial charge in [-0.2, -0.15) is 0 Å². The number of carbonyl (C=O) groups is 2. The van der Waals surface area contributed by atoms with Gasteiger partial charge in [0.25, 0.3) is 0 Å². The molecule has 6 heteroatoms. The molecule has 2 amide bonds. The Morgan fingerprint density at radius 3 is 2.34 bits per heavy atom. The van der Waals surface area contributed by atoms with Crippen LogP contribution in [0.3, 0.4) is 0 Å². The molecule has 158 valence electrons. The summed E-state index contributed by atoms with van der Waals surface area (Å²) < 4.78 is 5.34. The van der Waals surface area contributed by atoms with Crippen LogP contribution in [0.25, 0.3) is 0 Å². The second-order valence-corrected chi connectivity index (χ2v) is 8.76. The number of carbonyl (C=O) groups excluding carboxylic acids is 2. The number of morpholine rings is 1. The lowest BCUT2D eigenvalue weighted by atomic mass is 9.64. The van der Waals surface area contributed by atoms with Crippen LogP contribution in [0.2, 0.25) is 0 Å². The minimum Gasteiger partial charge on any atom is -0.378 e. The SMILES string of the molecule is O=C(CN1CCC(C(=O)N2CCOCC2)CC1)NCC1(c2ccccc2)CCC1. The minimum absolute atomic E-state index is 0.101. The fraction of sp³-hybridized carbons (Fsp3) is 0.652. The van der Waals surface area contributed by atoms with Crippen LogP contribution in [0.4, 0.5) is 0 Å². The number of hydrogen-bond donors (Lipinski definition) is 1. The molecule has 3 aliphatic rings. The maximum absolute atomic E-state index is 12.6. The predicted molar refractivity (Wildman–Crippen MR) is 112 cm³/mol. The smallest absolute Gasteiger partial charge is 0.234 e. The molecule has 1 aromatic carbocycles. The van der Waals surface area contributed by atoms with E-state index in [1.54, 1.807) is 0 Å². The Labute approximate surface area is 173 Å². The van der Waals surface area contributed by atoms with Crippen molar-refractivity contribution in [1.82, 2.24) is 15.1 Å². The standard InChI is InChI=1S/C23H33N3O3/c27-21(24-18-23(9-4-10-23)20-5-2-1-3-6-20)17-25-11-7-19(8-12-25)22(28)26-13-15-29-16-14-26/h1-3,5-6,19H,4,7-18H2,(H,24,27). The maximum Gasteiger partial charge on any atom is 0.234 e. The molecular formula is C23H33N3O3. The molecule has 2 saturated heterocycles. The van der Waals surface area contributed by atoms with Gasteiger partial charge in [0.15, 0.2) is 0 Å². The van der Waals surface area contributed by atoms with Crippen molar-refractivity contribution >= 4 is 11.8 Å². The summed E-state index contributed by atoms with van der Waals surface area (Å²) in [7, 11) is 0. The van der Waals surface area contributed by atoms with Gasteiger partial charge in [0.05, 0.1) is 19.8 Å². The van der Waals surface area contributed by atoms with Crippen LogP contribution in [-0.4, -0.2) is 74.1 Å². The van der Waals surface area contributed by atoms with Crippen molar-refractivity contribution in [2.24, 2.45) is 5.92 Å². The van der Waals surface area contributed by atoms with E-state index in [9.17, 15) is 9.59 Å². The second kappa shape index (κ2) is 9.26. The summed E-state index contributed by atoms with van der Waals surface area (Å²) in [4.78, 5) is 29.3. The van der Waals surface area contributed by atoms with Crippen molar-refractivity contribution in [2.45, 2.75) is 37.5 Å². The Bertz CT molecular complexity index is 691. The van der Waals surface area contributed by atoms with Crippen molar-refractivity contribution in [2.75, 3.05) is 52.5 Å². The molecule has 0 radical (unpaired) electrons. The first-order valence-corrected chi connectivity index (χ1v) is 11.1. The van der Waals surface area contributed by atoms with Crippen LogP contribution in [0.15, 0.2) is 30.3 Å². The minimum atomic E-state index is 0.101. The molecule has 0 atom stereocenters. The van der Waals surface area contributed by atoms with Crippen molar-refractivity contribution in [3.05, 3.63) is 35.9 Å². The summed E-state index contributed by atoms with van der Waals surface area (Å²) in [6.07, 6.45) is 5.21. The van der Waals surface area contributed by atoms with Crippen LogP contribution < -0.4 is 5.32 Å². The first-order chi connectivity index (χ1) is 14.2. The number of likely N-dealkylation sites (tertiary alicyclic amines) is 1. The summed E-state index contributed by atoms with van der Waals surface area (Å²) in [6, 6.07) is 10.6. The first-order valence-electron chi connectivity index (χ1n) is 11.1. The fourth-order valence-electron chi connectivity index (χ4n) is 4.87. The van der Waals surface area contributed by atoms with Gasteiger partial charge in [-0.25, -0.2) is 0 Å². The Morgan fingerprint density at radius 2 is 1.72 bits per heavy atom. The second-order valence-electron chi connectivity index (χ2n) is 8.76. The van der Waals surface area contributed by atoms with Gasteiger partial charge in [0, 0.05) is 31.0 Å². The highest BCUT2D eigenvalue weighted by atomic mass is 16.5. The number of rotatable bonds is 6. The van der Waals surface area contributed by atoms with Gasteiger partial charge in [-0.05, 0) is 44.3 Å². The molecular weight excluding hydrogens is 366 g/mol. The van der Waals surface area contributed by atoms with Crippen LogP contribution in [0, 0.1) is 5.92 Å². The Kier molecular flexibility index (Phi) is 6.50. The van der Waals surface area contributed by atoms with Gasteiger partial charge >= 0.3 is 0 Å². The quantitative estimate of drug-likeness (QED) is 0.792. The normalized spacial score (nSPS) is 22.7. The maximum atomic E-state index is 12.6. The molecule has 2 heterocycles. The molecule has 1 aliphatic carbocycles. The number of benzene rings is 1. The van der Waals surface area contributed by atoms with Gasteiger partial charge in [-0.15, -0.1) is 0 Å². The van der Waals surface area contributed by atoms with Crippen LogP contribution in [-0.2, 0) is 19.7 Å². The first kappa shape index (κ1) is 20.4. The highest BCUT2D eigenvalue weighted by Gasteiger charge is 2.39. The zero-order valence-corrected chi connectivity index (χ0v) is 17.3. The van der Waals surface area contributed by atoms with Crippen LogP contribution in [0.1, 0.15) is 37.7 Å². The third kappa shape index (κ3) is 4.81. The van der Waals surface area contributed by atoms with E-state index in [-0.39, 0.29) is 23.1 Å². The average molecular weight is 400 g/mol. The van der Waals surface area contributed by atoms with Gasteiger partial charge < -0.3 is 15.0 Å². The topological polar surface area (TPSA) is 61.9 Å². The van der Waals surface area contributed by atoms with Crippen molar-refractivity contribution in [3.8, 4) is 0 Å². The van der Waals surface area contributed by atoms with Crippen LogP contribution in [0.5, 0.6) is 0 Å². The summed E-state index contributed by atoms with van der Waals surface area (Å²) in [5, 5.41) is 3.19. The van der Waals surface area contributed by atoms with E-state index in [2.05, 4.69) is 34.5 Å². The predicted octanol–water partition coefficient (Wildman–Crippen LogP) is 1.80. The van der Waals surface area contributed by atoms with Gasteiger partial charge in [-0.3, -0.25) is 14.5 Å². The van der Waals surface area contributed by atoms with E-state index < -0.39 is 0 Å². The third-order valence-electron chi connectivity index (χ3n) is 6.95. The number of hydrogen-bond acceptors (Lipinski definition) is 4. The van der Waals surface area contributed by atoms with Crippen molar-refractivity contribution in [3.63, 3.8) is 0 Å². The fourth-order valence-corrected chi connectivity index (χ4v) is 4.87. The number of piperidine rings is 1. The molecule has 29 heavy (non-hydrogen) atoms. The average Bonchev–Trinajstić information content (AvgIpc) is 2.74. The third-order valence-corrected chi connectivity index (χ3v) is 6.95. The van der Waals surface area contributed by atoms with Gasteiger partial charge in [-0.1, -0.05) is 36.8 Å². The summed E-state index contributed by atoms with van der Waals surface area (Å²) >= 11 is 0. The van der Waals surface area contributed by atoms with Crippen LogP contribution >= 0.6 is 0 Å².